The summed E-state index contributed by atoms with van der Waals surface area (Å²) >= 11 is 0. The first-order valence-corrected chi connectivity index (χ1v) is 9.14. The quantitative estimate of drug-likeness (QED) is 0.676. The van der Waals surface area contributed by atoms with Crippen molar-refractivity contribution in [3.8, 4) is 17.0 Å². The van der Waals surface area contributed by atoms with Crippen molar-refractivity contribution in [1.29, 1.82) is 0 Å². The van der Waals surface area contributed by atoms with Crippen LogP contribution in [0.25, 0.3) is 22.4 Å². The number of aromatic hydroxyl groups is 1. The summed E-state index contributed by atoms with van der Waals surface area (Å²) in [5.74, 6) is 1.10. The maximum absolute atomic E-state index is 10.4. The van der Waals surface area contributed by atoms with E-state index in [-0.39, 0.29) is 5.75 Å². The van der Waals surface area contributed by atoms with Crippen molar-refractivity contribution in [2.45, 2.75) is 32.7 Å². The smallest absolute Gasteiger partial charge is 0.205 e. The van der Waals surface area contributed by atoms with Gasteiger partial charge in [-0.2, -0.15) is 4.98 Å². The molecule has 136 valence electrons. The van der Waals surface area contributed by atoms with Crippen LogP contribution in [0.2, 0.25) is 0 Å². The Morgan fingerprint density at radius 1 is 1.23 bits per heavy atom. The predicted octanol–water partition coefficient (Wildman–Crippen LogP) is 3.12. The number of nitrogens with zero attached hydrogens (tertiary/aromatic N) is 3. The lowest BCUT2D eigenvalue weighted by molar-refractivity contribution is 0.476. The summed E-state index contributed by atoms with van der Waals surface area (Å²) in [4.78, 5) is 9.42. The summed E-state index contributed by atoms with van der Waals surface area (Å²) < 4.78 is 2.04. The molecular formula is C20H25N5O. The highest BCUT2D eigenvalue weighted by molar-refractivity contribution is 5.80. The first-order chi connectivity index (χ1) is 12.5. The Bertz CT molecular complexity index is 933. The summed E-state index contributed by atoms with van der Waals surface area (Å²) in [6.07, 6.45) is 2.32. The van der Waals surface area contributed by atoms with Gasteiger partial charge in [0.05, 0.1) is 11.2 Å². The molecule has 3 heterocycles. The van der Waals surface area contributed by atoms with Crippen LogP contribution in [0.15, 0.2) is 24.3 Å². The van der Waals surface area contributed by atoms with Crippen LogP contribution >= 0.6 is 0 Å². The number of nitrogens with one attached hydrogen (secondary N) is 2. The Hall–Kier alpha value is -2.60. The van der Waals surface area contributed by atoms with Gasteiger partial charge in [0, 0.05) is 25.2 Å². The number of fused-ring (bicyclic) bond motifs is 1. The van der Waals surface area contributed by atoms with Crippen molar-refractivity contribution in [2.75, 3.05) is 18.4 Å². The van der Waals surface area contributed by atoms with E-state index in [0.29, 0.717) is 11.7 Å². The highest BCUT2D eigenvalue weighted by Crippen LogP contribution is 2.33. The maximum atomic E-state index is 10.4. The van der Waals surface area contributed by atoms with Gasteiger partial charge in [0.2, 0.25) is 5.95 Å². The van der Waals surface area contributed by atoms with Crippen LogP contribution in [0.5, 0.6) is 5.75 Å². The minimum absolute atomic E-state index is 0.261. The Morgan fingerprint density at radius 2 is 2.08 bits per heavy atom. The standard InChI is InChI=1S/C20H25N5O/c1-12-9-13(2)18(17(26)10-12)15-6-7-16-19(23-15)24-20(25(16)3)22-14-5-4-8-21-11-14/h6-7,9-10,14,21,26H,4-5,8,11H2,1-3H3,(H,22,23,24)/t14-/m1/s1. The predicted molar refractivity (Wildman–Crippen MR) is 105 cm³/mol. The van der Waals surface area contributed by atoms with Gasteiger partial charge in [0.15, 0.2) is 5.65 Å². The number of benzene rings is 1. The number of anilines is 1. The van der Waals surface area contributed by atoms with E-state index in [2.05, 4.69) is 16.7 Å². The average Bonchev–Trinajstić information content (AvgIpc) is 2.90. The van der Waals surface area contributed by atoms with Crippen LogP contribution in [0.4, 0.5) is 5.95 Å². The third-order valence-corrected chi connectivity index (χ3v) is 5.09. The highest BCUT2D eigenvalue weighted by Gasteiger charge is 2.18. The van der Waals surface area contributed by atoms with E-state index in [9.17, 15) is 5.11 Å². The third-order valence-electron chi connectivity index (χ3n) is 5.09. The molecule has 3 aromatic rings. The van der Waals surface area contributed by atoms with E-state index in [0.717, 1.165) is 53.4 Å². The number of hydrogen-bond donors (Lipinski definition) is 3. The van der Waals surface area contributed by atoms with Crippen LogP contribution in [-0.2, 0) is 7.05 Å². The molecule has 6 nitrogen and oxygen atoms in total. The van der Waals surface area contributed by atoms with Gasteiger partial charge < -0.3 is 20.3 Å². The minimum Gasteiger partial charge on any atom is -0.507 e. The zero-order valence-electron chi connectivity index (χ0n) is 15.5. The van der Waals surface area contributed by atoms with Gasteiger partial charge in [0.1, 0.15) is 5.75 Å². The molecule has 0 spiro atoms. The first-order valence-electron chi connectivity index (χ1n) is 9.14. The Labute approximate surface area is 153 Å². The van der Waals surface area contributed by atoms with Gasteiger partial charge in [0.25, 0.3) is 0 Å². The van der Waals surface area contributed by atoms with Gasteiger partial charge in [-0.25, -0.2) is 4.98 Å². The summed E-state index contributed by atoms with van der Waals surface area (Å²) in [7, 11) is 2.00. The Morgan fingerprint density at radius 3 is 2.81 bits per heavy atom. The lowest BCUT2D eigenvalue weighted by Crippen LogP contribution is -2.38. The number of phenolic OH excluding ortho intramolecular Hbond substituents is 1. The molecule has 4 rings (SSSR count). The first kappa shape index (κ1) is 16.8. The highest BCUT2D eigenvalue weighted by atomic mass is 16.3. The molecule has 0 aliphatic carbocycles. The number of rotatable bonds is 3. The van der Waals surface area contributed by atoms with Crippen LogP contribution in [0, 0.1) is 13.8 Å². The molecule has 2 aromatic heterocycles. The zero-order chi connectivity index (χ0) is 18.3. The molecule has 1 aromatic carbocycles. The van der Waals surface area contributed by atoms with Crippen molar-refractivity contribution < 1.29 is 5.11 Å². The minimum atomic E-state index is 0.261. The molecule has 6 heteroatoms. The number of pyridine rings is 1. The molecule has 3 N–H and O–H groups in total. The van der Waals surface area contributed by atoms with E-state index < -0.39 is 0 Å². The number of piperidine rings is 1. The Kier molecular flexibility index (Phi) is 4.28. The molecule has 1 fully saturated rings. The second-order valence-corrected chi connectivity index (χ2v) is 7.20. The lowest BCUT2D eigenvalue weighted by atomic mass is 10.0. The van der Waals surface area contributed by atoms with Crippen molar-refractivity contribution in [3.63, 3.8) is 0 Å². The number of imidazole rings is 1. The lowest BCUT2D eigenvalue weighted by Gasteiger charge is -2.24. The van der Waals surface area contributed by atoms with Gasteiger partial charge in [-0.1, -0.05) is 6.07 Å². The van der Waals surface area contributed by atoms with E-state index in [4.69, 9.17) is 9.97 Å². The number of hydrogen-bond acceptors (Lipinski definition) is 5. The second kappa shape index (κ2) is 6.61. The average molecular weight is 351 g/mol. The van der Waals surface area contributed by atoms with Crippen LogP contribution < -0.4 is 10.6 Å². The summed E-state index contributed by atoms with van der Waals surface area (Å²) in [6, 6.07) is 8.20. The zero-order valence-corrected chi connectivity index (χ0v) is 15.5. The number of aryl methyl sites for hydroxylation is 3. The van der Waals surface area contributed by atoms with Gasteiger partial charge in [-0.3, -0.25) is 0 Å². The molecule has 1 atom stereocenters. The molecule has 0 unspecified atom stereocenters. The fourth-order valence-electron chi connectivity index (χ4n) is 3.78. The van der Waals surface area contributed by atoms with Crippen molar-refractivity contribution in [2.24, 2.45) is 7.05 Å². The Balaban J connectivity index is 1.72. The van der Waals surface area contributed by atoms with E-state index in [1.807, 2.05) is 37.6 Å². The normalized spacial score (nSPS) is 17.6. The number of phenols is 1. The molecule has 26 heavy (non-hydrogen) atoms. The van der Waals surface area contributed by atoms with Crippen molar-refractivity contribution in [1.82, 2.24) is 19.9 Å². The van der Waals surface area contributed by atoms with Crippen LogP contribution in [0.1, 0.15) is 24.0 Å². The number of aromatic nitrogens is 3. The molecule has 1 saturated heterocycles. The second-order valence-electron chi connectivity index (χ2n) is 7.20. The molecule has 1 aliphatic rings. The molecule has 0 saturated carbocycles. The molecule has 0 radical (unpaired) electrons. The van der Waals surface area contributed by atoms with Crippen LogP contribution in [-0.4, -0.2) is 38.8 Å². The fourth-order valence-corrected chi connectivity index (χ4v) is 3.78. The van der Waals surface area contributed by atoms with Gasteiger partial charge in [-0.15, -0.1) is 0 Å². The van der Waals surface area contributed by atoms with Gasteiger partial charge >= 0.3 is 0 Å². The topological polar surface area (TPSA) is 75.0 Å². The monoisotopic (exact) mass is 351 g/mol. The van der Waals surface area contributed by atoms with Crippen molar-refractivity contribution in [3.05, 3.63) is 35.4 Å². The van der Waals surface area contributed by atoms with E-state index in [1.165, 1.54) is 6.42 Å². The van der Waals surface area contributed by atoms with Crippen molar-refractivity contribution >= 4 is 17.1 Å². The molecular weight excluding hydrogens is 326 g/mol. The molecule has 0 amide bonds. The van der Waals surface area contributed by atoms with Gasteiger partial charge in [-0.05, 0) is 62.6 Å². The summed E-state index contributed by atoms with van der Waals surface area (Å²) in [5, 5.41) is 17.3. The largest absolute Gasteiger partial charge is 0.507 e. The molecule has 0 bridgehead atoms. The summed E-state index contributed by atoms with van der Waals surface area (Å²) in [5.41, 5.74) is 5.23. The third kappa shape index (κ3) is 3.01. The fraction of sp³-hybridized carbons (Fsp3) is 0.400. The SMILES string of the molecule is Cc1cc(C)c(-c2ccc3c(n2)nc(N[C@@H]2CCCNC2)n3C)c(O)c1. The van der Waals surface area contributed by atoms with E-state index in [1.54, 1.807) is 6.07 Å². The van der Waals surface area contributed by atoms with Crippen LogP contribution in [0.3, 0.4) is 0 Å². The van der Waals surface area contributed by atoms with E-state index >= 15 is 0 Å². The molecule has 1 aliphatic heterocycles. The maximum Gasteiger partial charge on any atom is 0.205 e. The summed E-state index contributed by atoms with van der Waals surface area (Å²) in [6.45, 7) is 6.02.